The summed E-state index contributed by atoms with van der Waals surface area (Å²) < 4.78 is 13.5. The van der Waals surface area contributed by atoms with Crippen molar-refractivity contribution in [1.82, 2.24) is 9.55 Å². The van der Waals surface area contributed by atoms with Crippen molar-refractivity contribution < 1.29 is 14.6 Å². The molecule has 1 aliphatic carbocycles. The van der Waals surface area contributed by atoms with E-state index in [1.165, 1.54) is 12.8 Å². The standard InChI is InChI=1S/C16H18N2O3/c1-20-11-4-5-15-12(6-11)14(19)7-16(21-15)13-8-17-9-18(13)10-2-3-10/h4-6,8-10,14,16,19H,2-3,7H2,1H3. The van der Waals surface area contributed by atoms with Gasteiger partial charge in [0.25, 0.3) is 0 Å². The van der Waals surface area contributed by atoms with Crippen LogP contribution in [0.3, 0.4) is 0 Å². The summed E-state index contributed by atoms with van der Waals surface area (Å²) in [5.41, 5.74) is 1.85. The highest BCUT2D eigenvalue weighted by atomic mass is 16.5. The van der Waals surface area contributed by atoms with E-state index in [0.717, 1.165) is 22.8 Å². The molecule has 2 aliphatic rings. The number of benzene rings is 1. The number of hydrogen-bond acceptors (Lipinski definition) is 4. The van der Waals surface area contributed by atoms with Crippen molar-refractivity contribution in [2.75, 3.05) is 7.11 Å². The monoisotopic (exact) mass is 286 g/mol. The number of rotatable bonds is 3. The van der Waals surface area contributed by atoms with E-state index in [4.69, 9.17) is 9.47 Å². The number of fused-ring (bicyclic) bond motifs is 1. The predicted octanol–water partition coefficient (Wildman–Crippen LogP) is 2.78. The highest BCUT2D eigenvalue weighted by Gasteiger charge is 2.33. The maximum absolute atomic E-state index is 10.4. The second-order valence-electron chi connectivity index (χ2n) is 5.72. The van der Waals surface area contributed by atoms with Gasteiger partial charge in [0.1, 0.15) is 17.6 Å². The van der Waals surface area contributed by atoms with E-state index in [1.54, 1.807) is 7.11 Å². The first-order valence-corrected chi connectivity index (χ1v) is 7.30. The molecule has 1 aromatic carbocycles. The SMILES string of the molecule is COc1ccc2c(c1)C(O)CC(c1cncn1C1CC1)O2. The van der Waals surface area contributed by atoms with Crippen molar-refractivity contribution in [2.24, 2.45) is 0 Å². The predicted molar refractivity (Wildman–Crippen MR) is 76.4 cm³/mol. The van der Waals surface area contributed by atoms with Crippen LogP contribution in [0.15, 0.2) is 30.7 Å². The average Bonchev–Trinajstić information content (AvgIpc) is 3.24. The molecule has 2 heterocycles. The summed E-state index contributed by atoms with van der Waals surface area (Å²) in [6.45, 7) is 0. The molecule has 0 radical (unpaired) electrons. The molecule has 0 bridgehead atoms. The molecule has 1 saturated carbocycles. The molecular weight excluding hydrogens is 268 g/mol. The first-order valence-electron chi connectivity index (χ1n) is 7.30. The van der Waals surface area contributed by atoms with Gasteiger partial charge in [0.05, 0.1) is 31.4 Å². The lowest BCUT2D eigenvalue weighted by molar-refractivity contribution is 0.0615. The quantitative estimate of drug-likeness (QED) is 0.942. The number of aliphatic hydroxyl groups is 1. The summed E-state index contributed by atoms with van der Waals surface area (Å²) in [5, 5.41) is 10.4. The Bertz CT molecular complexity index is 663. The summed E-state index contributed by atoms with van der Waals surface area (Å²) in [5.74, 6) is 1.46. The smallest absolute Gasteiger partial charge is 0.143 e. The second kappa shape index (κ2) is 4.77. The Hall–Kier alpha value is -2.01. The maximum Gasteiger partial charge on any atom is 0.143 e. The van der Waals surface area contributed by atoms with Crippen LogP contribution in [0.2, 0.25) is 0 Å². The molecule has 21 heavy (non-hydrogen) atoms. The van der Waals surface area contributed by atoms with Gasteiger partial charge in [0.2, 0.25) is 0 Å². The van der Waals surface area contributed by atoms with Gasteiger partial charge in [-0.1, -0.05) is 0 Å². The van der Waals surface area contributed by atoms with Gasteiger partial charge in [-0.3, -0.25) is 0 Å². The largest absolute Gasteiger partial charge is 0.497 e. The topological polar surface area (TPSA) is 56.5 Å². The summed E-state index contributed by atoms with van der Waals surface area (Å²) in [7, 11) is 1.62. The molecule has 0 amide bonds. The fourth-order valence-corrected chi connectivity index (χ4v) is 2.96. The van der Waals surface area contributed by atoms with Crippen LogP contribution in [0.4, 0.5) is 0 Å². The first-order chi connectivity index (χ1) is 10.3. The highest BCUT2D eigenvalue weighted by Crippen LogP contribution is 2.44. The van der Waals surface area contributed by atoms with Crippen LogP contribution in [0.5, 0.6) is 11.5 Å². The van der Waals surface area contributed by atoms with E-state index in [9.17, 15) is 5.11 Å². The van der Waals surface area contributed by atoms with Crippen molar-refractivity contribution >= 4 is 0 Å². The molecule has 1 N–H and O–H groups in total. The fourth-order valence-electron chi connectivity index (χ4n) is 2.96. The Balaban J connectivity index is 1.66. The van der Waals surface area contributed by atoms with Crippen LogP contribution in [0.25, 0.3) is 0 Å². The lowest BCUT2D eigenvalue weighted by Gasteiger charge is -2.30. The zero-order valence-electron chi connectivity index (χ0n) is 11.9. The second-order valence-corrected chi connectivity index (χ2v) is 5.72. The number of aliphatic hydroxyl groups excluding tert-OH is 1. The van der Waals surface area contributed by atoms with Gasteiger partial charge in [0.15, 0.2) is 0 Å². The molecule has 2 unspecified atom stereocenters. The van der Waals surface area contributed by atoms with Crippen molar-refractivity contribution in [3.63, 3.8) is 0 Å². The van der Waals surface area contributed by atoms with Crippen LogP contribution < -0.4 is 9.47 Å². The number of imidazole rings is 1. The lowest BCUT2D eigenvalue weighted by Crippen LogP contribution is -2.21. The van der Waals surface area contributed by atoms with E-state index in [-0.39, 0.29) is 6.10 Å². The molecule has 1 aromatic heterocycles. The van der Waals surface area contributed by atoms with E-state index in [2.05, 4.69) is 9.55 Å². The first kappa shape index (κ1) is 12.7. The zero-order chi connectivity index (χ0) is 14.4. The molecule has 0 saturated heterocycles. The van der Waals surface area contributed by atoms with Crippen molar-refractivity contribution in [3.8, 4) is 11.5 Å². The van der Waals surface area contributed by atoms with Crippen LogP contribution in [0, 0.1) is 0 Å². The summed E-state index contributed by atoms with van der Waals surface area (Å²) in [6.07, 6.45) is 5.97. The minimum atomic E-state index is -0.545. The van der Waals surface area contributed by atoms with Gasteiger partial charge < -0.3 is 19.1 Å². The van der Waals surface area contributed by atoms with Gasteiger partial charge >= 0.3 is 0 Å². The van der Waals surface area contributed by atoms with E-state index >= 15 is 0 Å². The number of hydrogen-bond donors (Lipinski definition) is 1. The normalized spacial score (nSPS) is 24.3. The van der Waals surface area contributed by atoms with Crippen LogP contribution in [-0.2, 0) is 0 Å². The average molecular weight is 286 g/mol. The van der Waals surface area contributed by atoms with Crippen molar-refractivity contribution in [1.29, 1.82) is 0 Å². The third-order valence-corrected chi connectivity index (χ3v) is 4.25. The van der Waals surface area contributed by atoms with E-state index < -0.39 is 6.10 Å². The summed E-state index contributed by atoms with van der Waals surface area (Å²) in [4.78, 5) is 4.25. The van der Waals surface area contributed by atoms with E-state index in [0.29, 0.717) is 12.5 Å². The molecule has 110 valence electrons. The number of ether oxygens (including phenoxy) is 2. The van der Waals surface area contributed by atoms with Gasteiger partial charge in [-0.05, 0) is 31.0 Å². The highest BCUT2D eigenvalue weighted by molar-refractivity contribution is 5.43. The molecule has 4 rings (SSSR count). The fraction of sp³-hybridized carbons (Fsp3) is 0.438. The van der Waals surface area contributed by atoms with Gasteiger partial charge in [0, 0.05) is 18.0 Å². The van der Waals surface area contributed by atoms with Crippen LogP contribution in [-0.4, -0.2) is 21.8 Å². The Kier molecular flexibility index (Phi) is 2.89. The third-order valence-electron chi connectivity index (χ3n) is 4.25. The van der Waals surface area contributed by atoms with Crippen molar-refractivity contribution in [2.45, 2.75) is 37.5 Å². The van der Waals surface area contributed by atoms with Crippen molar-refractivity contribution in [3.05, 3.63) is 42.0 Å². The Morgan fingerprint density at radius 3 is 3.00 bits per heavy atom. The molecule has 1 fully saturated rings. The number of aromatic nitrogens is 2. The van der Waals surface area contributed by atoms with Crippen LogP contribution in [0.1, 0.15) is 48.8 Å². The third kappa shape index (κ3) is 2.17. The van der Waals surface area contributed by atoms with Gasteiger partial charge in [-0.25, -0.2) is 4.98 Å². The molecule has 2 atom stereocenters. The number of nitrogens with zero attached hydrogens (tertiary/aromatic N) is 2. The Labute approximate surface area is 123 Å². The molecule has 1 aliphatic heterocycles. The Morgan fingerprint density at radius 1 is 1.38 bits per heavy atom. The van der Waals surface area contributed by atoms with E-state index in [1.807, 2.05) is 30.7 Å². The molecule has 5 heteroatoms. The van der Waals surface area contributed by atoms with Crippen LogP contribution >= 0.6 is 0 Å². The molecule has 0 spiro atoms. The molecular formula is C16H18N2O3. The molecule has 2 aromatic rings. The summed E-state index contributed by atoms with van der Waals surface area (Å²) >= 11 is 0. The summed E-state index contributed by atoms with van der Waals surface area (Å²) in [6, 6.07) is 6.11. The number of methoxy groups -OCH3 is 1. The molecule has 5 nitrogen and oxygen atoms in total. The minimum absolute atomic E-state index is 0.149. The minimum Gasteiger partial charge on any atom is -0.497 e. The van der Waals surface area contributed by atoms with Gasteiger partial charge in [-0.15, -0.1) is 0 Å². The Morgan fingerprint density at radius 2 is 2.24 bits per heavy atom. The van der Waals surface area contributed by atoms with Gasteiger partial charge in [-0.2, -0.15) is 0 Å². The lowest BCUT2D eigenvalue weighted by atomic mass is 9.97. The maximum atomic E-state index is 10.4. The zero-order valence-corrected chi connectivity index (χ0v) is 11.9.